The number of benzene rings is 1. The molecule has 0 unspecified atom stereocenters. The molecule has 0 atom stereocenters. The first-order chi connectivity index (χ1) is 13.3. The van der Waals surface area contributed by atoms with Crippen LogP contribution < -0.4 is 5.32 Å². The Bertz CT molecular complexity index is 898. The van der Waals surface area contributed by atoms with Crippen molar-refractivity contribution in [1.29, 1.82) is 0 Å². The summed E-state index contributed by atoms with van der Waals surface area (Å²) in [7, 11) is 0. The normalized spacial score (nSPS) is 15.3. The lowest BCUT2D eigenvalue weighted by atomic mass is 10.1. The monoisotopic (exact) mass is 384 g/mol. The number of morpholine rings is 1. The van der Waals surface area contributed by atoms with E-state index < -0.39 is 0 Å². The highest BCUT2D eigenvalue weighted by molar-refractivity contribution is 7.13. The minimum absolute atomic E-state index is 0.0297. The van der Waals surface area contributed by atoms with Gasteiger partial charge < -0.3 is 15.0 Å². The van der Waals surface area contributed by atoms with Crippen molar-refractivity contribution in [3.63, 3.8) is 0 Å². The molecule has 142 valence electrons. The Morgan fingerprint density at radius 1 is 1.30 bits per heavy atom. The number of aromatic amines is 1. The van der Waals surface area contributed by atoms with Gasteiger partial charge in [0.25, 0.3) is 0 Å². The van der Waals surface area contributed by atoms with Gasteiger partial charge in [0.05, 0.1) is 18.9 Å². The molecule has 0 spiro atoms. The smallest absolute Gasteiger partial charge is 0.226 e. The maximum absolute atomic E-state index is 12.2. The van der Waals surface area contributed by atoms with Gasteiger partial charge in [0.1, 0.15) is 0 Å². The van der Waals surface area contributed by atoms with Crippen molar-refractivity contribution in [3.8, 4) is 0 Å². The van der Waals surface area contributed by atoms with E-state index in [0.29, 0.717) is 11.6 Å². The zero-order valence-electron chi connectivity index (χ0n) is 15.2. The number of H-pyrrole nitrogens is 1. The SMILES string of the molecule is O=C(CCCc1c[nH]c2ccccc12)Nc1nc(CN2CCOCC2)cs1. The molecule has 3 heterocycles. The Kier molecular flexibility index (Phi) is 5.81. The number of nitrogens with one attached hydrogen (secondary N) is 2. The highest BCUT2D eigenvalue weighted by Crippen LogP contribution is 2.20. The van der Waals surface area contributed by atoms with Crippen LogP contribution in [0.25, 0.3) is 10.9 Å². The van der Waals surface area contributed by atoms with Gasteiger partial charge in [-0.15, -0.1) is 11.3 Å². The number of para-hydroxylation sites is 1. The molecule has 1 amide bonds. The molecule has 1 aliphatic heterocycles. The molecule has 7 heteroatoms. The van der Waals surface area contributed by atoms with Gasteiger partial charge in [-0.2, -0.15) is 0 Å². The minimum Gasteiger partial charge on any atom is -0.379 e. The second-order valence-electron chi connectivity index (χ2n) is 6.79. The van der Waals surface area contributed by atoms with Gasteiger partial charge in [0.2, 0.25) is 5.91 Å². The Morgan fingerprint density at radius 3 is 3.04 bits per heavy atom. The highest BCUT2D eigenvalue weighted by Gasteiger charge is 2.13. The quantitative estimate of drug-likeness (QED) is 0.655. The third kappa shape index (κ3) is 4.74. The summed E-state index contributed by atoms with van der Waals surface area (Å²) in [5.41, 5.74) is 3.42. The molecule has 1 aliphatic rings. The molecular weight excluding hydrogens is 360 g/mol. The summed E-state index contributed by atoms with van der Waals surface area (Å²) in [6, 6.07) is 8.26. The number of ether oxygens (including phenoxy) is 1. The summed E-state index contributed by atoms with van der Waals surface area (Å²) in [6.45, 7) is 4.25. The predicted octanol–water partition coefficient (Wildman–Crippen LogP) is 3.42. The van der Waals surface area contributed by atoms with E-state index in [0.717, 1.165) is 56.9 Å². The van der Waals surface area contributed by atoms with Crippen LogP contribution in [0.1, 0.15) is 24.1 Å². The number of amides is 1. The largest absolute Gasteiger partial charge is 0.379 e. The zero-order chi connectivity index (χ0) is 18.5. The molecule has 2 N–H and O–H groups in total. The average Bonchev–Trinajstić information content (AvgIpc) is 3.30. The van der Waals surface area contributed by atoms with E-state index >= 15 is 0 Å². The van der Waals surface area contributed by atoms with Crippen molar-refractivity contribution in [1.82, 2.24) is 14.9 Å². The summed E-state index contributed by atoms with van der Waals surface area (Å²) >= 11 is 1.49. The number of hydrogen-bond acceptors (Lipinski definition) is 5. The number of nitrogens with zero attached hydrogens (tertiary/aromatic N) is 2. The van der Waals surface area contributed by atoms with Crippen molar-refractivity contribution in [2.75, 3.05) is 31.6 Å². The summed E-state index contributed by atoms with van der Waals surface area (Å²) in [6.07, 6.45) is 4.25. The van der Waals surface area contributed by atoms with Gasteiger partial charge in [0.15, 0.2) is 5.13 Å². The van der Waals surface area contributed by atoms with Crippen molar-refractivity contribution >= 4 is 33.3 Å². The lowest BCUT2D eigenvalue weighted by molar-refractivity contribution is -0.116. The van der Waals surface area contributed by atoms with Crippen molar-refractivity contribution in [2.45, 2.75) is 25.8 Å². The van der Waals surface area contributed by atoms with Crippen LogP contribution in [-0.4, -0.2) is 47.1 Å². The van der Waals surface area contributed by atoms with Gasteiger partial charge in [-0.05, 0) is 24.5 Å². The van der Waals surface area contributed by atoms with Crippen LogP contribution in [0.3, 0.4) is 0 Å². The summed E-state index contributed by atoms with van der Waals surface area (Å²) < 4.78 is 5.36. The predicted molar refractivity (Wildman–Crippen MR) is 108 cm³/mol. The number of carbonyl (C=O) groups is 1. The molecule has 1 fully saturated rings. The number of thiazole rings is 1. The van der Waals surface area contributed by atoms with Crippen LogP contribution in [0.15, 0.2) is 35.8 Å². The third-order valence-corrected chi connectivity index (χ3v) is 5.62. The number of aryl methyl sites for hydroxylation is 1. The Labute approximate surface area is 162 Å². The maximum Gasteiger partial charge on any atom is 0.226 e. The lowest BCUT2D eigenvalue weighted by Gasteiger charge is -2.25. The first kappa shape index (κ1) is 18.2. The number of rotatable bonds is 7. The van der Waals surface area contributed by atoms with Crippen molar-refractivity contribution in [2.24, 2.45) is 0 Å². The molecule has 6 nitrogen and oxygen atoms in total. The topological polar surface area (TPSA) is 70.2 Å². The minimum atomic E-state index is 0.0297. The third-order valence-electron chi connectivity index (χ3n) is 4.81. The zero-order valence-corrected chi connectivity index (χ0v) is 16.1. The van der Waals surface area contributed by atoms with Crippen LogP contribution in [0.2, 0.25) is 0 Å². The first-order valence-corrected chi connectivity index (χ1v) is 10.3. The van der Waals surface area contributed by atoms with Crippen molar-refractivity contribution < 1.29 is 9.53 Å². The molecular formula is C20H24N4O2S. The van der Waals surface area contributed by atoms with Crippen molar-refractivity contribution in [3.05, 3.63) is 47.1 Å². The molecule has 1 saturated heterocycles. The van der Waals surface area contributed by atoms with E-state index in [1.165, 1.54) is 22.3 Å². The summed E-state index contributed by atoms with van der Waals surface area (Å²) in [5, 5.41) is 6.89. The van der Waals surface area contributed by atoms with Crippen LogP contribution in [0.5, 0.6) is 0 Å². The van der Waals surface area contributed by atoms with E-state index in [9.17, 15) is 4.79 Å². The van der Waals surface area contributed by atoms with Gasteiger partial charge in [-0.25, -0.2) is 4.98 Å². The standard InChI is InChI=1S/C20H24N4O2S/c25-19(7-3-4-15-12-21-18-6-2-1-5-17(15)18)23-20-22-16(14-27-20)13-24-8-10-26-11-9-24/h1-2,5-6,12,14,21H,3-4,7-11,13H2,(H,22,23,25). The number of fused-ring (bicyclic) bond motifs is 1. The Morgan fingerprint density at radius 2 is 2.15 bits per heavy atom. The average molecular weight is 385 g/mol. The second kappa shape index (κ2) is 8.65. The molecule has 1 aromatic carbocycles. The van der Waals surface area contributed by atoms with Gasteiger partial charge >= 0.3 is 0 Å². The van der Waals surface area contributed by atoms with Gasteiger partial charge in [-0.1, -0.05) is 18.2 Å². The van der Waals surface area contributed by atoms with E-state index in [4.69, 9.17) is 4.74 Å². The lowest BCUT2D eigenvalue weighted by Crippen LogP contribution is -2.35. The molecule has 27 heavy (non-hydrogen) atoms. The van der Waals surface area contributed by atoms with Gasteiger partial charge in [0, 0.05) is 48.5 Å². The number of aromatic nitrogens is 2. The maximum atomic E-state index is 12.2. The second-order valence-corrected chi connectivity index (χ2v) is 7.65. The molecule has 0 radical (unpaired) electrons. The summed E-state index contributed by atoms with van der Waals surface area (Å²) in [4.78, 5) is 22.4. The fraction of sp³-hybridized carbons (Fsp3) is 0.400. The highest BCUT2D eigenvalue weighted by atomic mass is 32.1. The Balaban J connectivity index is 1.23. The van der Waals surface area contributed by atoms with E-state index in [-0.39, 0.29) is 5.91 Å². The molecule has 0 bridgehead atoms. The van der Waals surface area contributed by atoms with Crippen LogP contribution >= 0.6 is 11.3 Å². The van der Waals surface area contributed by atoms with Crippen LogP contribution in [-0.2, 0) is 22.5 Å². The molecule has 0 aliphatic carbocycles. The Hall–Kier alpha value is -2.22. The first-order valence-electron chi connectivity index (χ1n) is 9.37. The van der Waals surface area contributed by atoms with E-state index in [1.54, 1.807) is 0 Å². The van der Waals surface area contributed by atoms with Crippen LogP contribution in [0, 0.1) is 0 Å². The molecule has 0 saturated carbocycles. The molecule has 3 aromatic rings. The van der Waals surface area contributed by atoms with E-state index in [1.807, 2.05) is 23.7 Å². The van der Waals surface area contributed by atoms with Gasteiger partial charge in [-0.3, -0.25) is 9.69 Å². The molecule has 2 aromatic heterocycles. The number of anilines is 1. The van der Waals surface area contributed by atoms with E-state index in [2.05, 4.69) is 32.3 Å². The fourth-order valence-corrected chi connectivity index (χ4v) is 4.10. The fourth-order valence-electron chi connectivity index (χ4n) is 3.38. The number of hydrogen-bond donors (Lipinski definition) is 2. The van der Waals surface area contributed by atoms with Crippen LogP contribution in [0.4, 0.5) is 5.13 Å². The molecule has 4 rings (SSSR count). The number of carbonyl (C=O) groups excluding carboxylic acids is 1. The summed E-state index contributed by atoms with van der Waals surface area (Å²) in [5.74, 6) is 0.0297.